The average Bonchev–Trinajstić information content (AvgIpc) is 2.66. The third-order valence-electron chi connectivity index (χ3n) is 3.84. The quantitative estimate of drug-likeness (QED) is 0.731. The van der Waals surface area contributed by atoms with Gasteiger partial charge in [-0.05, 0) is 30.2 Å². The predicted octanol–water partition coefficient (Wildman–Crippen LogP) is 3.65. The van der Waals surface area contributed by atoms with Crippen molar-refractivity contribution in [3.05, 3.63) is 65.5 Å². The van der Waals surface area contributed by atoms with E-state index in [1.54, 1.807) is 0 Å². The van der Waals surface area contributed by atoms with Gasteiger partial charge in [0.05, 0.1) is 18.7 Å². The summed E-state index contributed by atoms with van der Waals surface area (Å²) in [7, 11) is 1.33. The number of rotatable bonds is 8. The van der Waals surface area contributed by atoms with E-state index in [9.17, 15) is 14.0 Å². The van der Waals surface area contributed by atoms with Crippen LogP contribution in [0.25, 0.3) is 0 Å². The van der Waals surface area contributed by atoms with Crippen molar-refractivity contribution in [1.29, 1.82) is 0 Å². The Morgan fingerprint density at radius 2 is 1.88 bits per heavy atom. The van der Waals surface area contributed by atoms with Crippen LogP contribution in [0.2, 0.25) is 0 Å². The number of nitrogens with one attached hydrogen (secondary N) is 1. The topological polar surface area (TPSA) is 64.6 Å². The fourth-order valence-corrected chi connectivity index (χ4v) is 2.54. The number of hydrogen-bond donors (Lipinski definition) is 1. The number of methoxy groups -OCH3 is 1. The first kappa shape index (κ1) is 19.4. The van der Waals surface area contributed by atoms with Gasteiger partial charge in [-0.1, -0.05) is 43.7 Å². The molecule has 0 saturated carbocycles. The molecule has 138 valence electrons. The Kier molecular flexibility index (Phi) is 7.14. The highest BCUT2D eigenvalue weighted by Gasteiger charge is 2.16. The number of amides is 1. The van der Waals surface area contributed by atoms with E-state index >= 15 is 0 Å². The van der Waals surface area contributed by atoms with Gasteiger partial charge in [0.25, 0.3) is 5.91 Å². The van der Waals surface area contributed by atoms with Gasteiger partial charge in [0.15, 0.2) is 18.2 Å². The smallest absolute Gasteiger partial charge is 0.338 e. The van der Waals surface area contributed by atoms with Crippen LogP contribution in [0.4, 0.5) is 4.39 Å². The van der Waals surface area contributed by atoms with Crippen molar-refractivity contribution in [2.24, 2.45) is 0 Å². The lowest BCUT2D eigenvalue weighted by atomic mass is 10.0. The fraction of sp³-hybridized carbons (Fsp3) is 0.300. The van der Waals surface area contributed by atoms with Gasteiger partial charge in [-0.2, -0.15) is 0 Å². The summed E-state index contributed by atoms with van der Waals surface area (Å²) in [5.74, 6) is -1.81. The normalized spacial score (nSPS) is 11.5. The molecule has 2 aromatic rings. The largest absolute Gasteiger partial charge is 0.494 e. The van der Waals surface area contributed by atoms with E-state index in [0.29, 0.717) is 0 Å². The molecule has 1 amide bonds. The zero-order valence-corrected chi connectivity index (χ0v) is 14.8. The van der Waals surface area contributed by atoms with Crippen molar-refractivity contribution in [2.45, 2.75) is 25.8 Å². The van der Waals surface area contributed by atoms with E-state index in [0.717, 1.165) is 24.5 Å². The Morgan fingerprint density at radius 3 is 2.50 bits per heavy atom. The van der Waals surface area contributed by atoms with Crippen LogP contribution < -0.4 is 10.1 Å². The molecular weight excluding hydrogens is 337 g/mol. The van der Waals surface area contributed by atoms with Gasteiger partial charge < -0.3 is 14.8 Å². The second-order valence-electron chi connectivity index (χ2n) is 5.74. The van der Waals surface area contributed by atoms with E-state index in [4.69, 9.17) is 9.47 Å². The van der Waals surface area contributed by atoms with E-state index < -0.39 is 24.3 Å². The van der Waals surface area contributed by atoms with E-state index in [2.05, 4.69) is 5.32 Å². The number of benzene rings is 2. The summed E-state index contributed by atoms with van der Waals surface area (Å²) in [5, 5.41) is 2.86. The lowest BCUT2D eigenvalue weighted by Crippen LogP contribution is -2.32. The molecule has 26 heavy (non-hydrogen) atoms. The average molecular weight is 359 g/mol. The molecule has 0 aliphatic rings. The highest BCUT2D eigenvalue weighted by atomic mass is 19.1. The maximum Gasteiger partial charge on any atom is 0.338 e. The van der Waals surface area contributed by atoms with Crippen LogP contribution >= 0.6 is 0 Å². The summed E-state index contributed by atoms with van der Waals surface area (Å²) >= 11 is 0. The molecule has 1 N–H and O–H groups in total. The maximum atomic E-state index is 13.6. The molecule has 0 spiro atoms. The van der Waals surface area contributed by atoms with Crippen molar-refractivity contribution in [3.63, 3.8) is 0 Å². The molecule has 0 radical (unpaired) electrons. The number of halogens is 1. The first-order chi connectivity index (χ1) is 12.5. The van der Waals surface area contributed by atoms with Crippen LogP contribution in [0.5, 0.6) is 5.75 Å². The summed E-state index contributed by atoms with van der Waals surface area (Å²) in [4.78, 5) is 24.1. The fourth-order valence-electron chi connectivity index (χ4n) is 2.54. The van der Waals surface area contributed by atoms with Gasteiger partial charge in [0.2, 0.25) is 0 Å². The second-order valence-corrected chi connectivity index (χ2v) is 5.74. The molecule has 2 aromatic carbocycles. The first-order valence-corrected chi connectivity index (χ1v) is 8.40. The van der Waals surface area contributed by atoms with Gasteiger partial charge in [-0.15, -0.1) is 0 Å². The molecule has 0 bridgehead atoms. The summed E-state index contributed by atoms with van der Waals surface area (Å²) < 4.78 is 23.4. The first-order valence-electron chi connectivity index (χ1n) is 8.40. The zero-order valence-electron chi connectivity index (χ0n) is 14.8. The summed E-state index contributed by atoms with van der Waals surface area (Å²) in [6.45, 7) is 1.60. The minimum absolute atomic E-state index is 0.0178. The zero-order chi connectivity index (χ0) is 18.9. The molecule has 1 unspecified atom stereocenters. The van der Waals surface area contributed by atoms with E-state index in [1.807, 2.05) is 37.3 Å². The molecule has 5 nitrogen and oxygen atoms in total. The van der Waals surface area contributed by atoms with Crippen molar-refractivity contribution >= 4 is 11.9 Å². The van der Waals surface area contributed by atoms with Gasteiger partial charge in [0, 0.05) is 0 Å². The molecule has 1 atom stereocenters. The molecule has 6 heteroatoms. The van der Waals surface area contributed by atoms with Crippen molar-refractivity contribution in [1.82, 2.24) is 5.32 Å². The molecule has 0 fully saturated rings. The Balaban J connectivity index is 1.92. The number of esters is 1. The minimum Gasteiger partial charge on any atom is -0.494 e. The van der Waals surface area contributed by atoms with Crippen molar-refractivity contribution < 1.29 is 23.5 Å². The van der Waals surface area contributed by atoms with E-state index in [1.165, 1.54) is 19.2 Å². The standard InChI is InChI=1S/C20H22FNO4/c1-3-7-17(14-8-5-4-6-9-14)22-19(23)13-26-20(24)15-10-11-18(25-2)16(21)12-15/h4-6,8-12,17H,3,7,13H2,1-2H3,(H,22,23). The van der Waals surface area contributed by atoms with Crippen molar-refractivity contribution in [2.75, 3.05) is 13.7 Å². The molecule has 0 heterocycles. The Bertz CT molecular complexity index is 749. The lowest BCUT2D eigenvalue weighted by Gasteiger charge is -2.18. The lowest BCUT2D eigenvalue weighted by molar-refractivity contribution is -0.125. The number of carbonyl (C=O) groups is 2. The summed E-state index contributed by atoms with van der Waals surface area (Å²) in [6.07, 6.45) is 1.66. The van der Waals surface area contributed by atoms with E-state index in [-0.39, 0.29) is 17.4 Å². The van der Waals surface area contributed by atoms with Crippen LogP contribution in [0.15, 0.2) is 48.5 Å². The molecule has 0 aliphatic heterocycles. The Morgan fingerprint density at radius 1 is 1.15 bits per heavy atom. The monoisotopic (exact) mass is 359 g/mol. The molecule has 0 saturated heterocycles. The van der Waals surface area contributed by atoms with Gasteiger partial charge >= 0.3 is 5.97 Å². The Labute approximate surface area is 152 Å². The van der Waals surface area contributed by atoms with Crippen molar-refractivity contribution in [3.8, 4) is 5.75 Å². The van der Waals surface area contributed by atoms with Crippen LogP contribution in [0.1, 0.15) is 41.7 Å². The minimum atomic E-state index is -0.770. The summed E-state index contributed by atoms with van der Waals surface area (Å²) in [6, 6.07) is 13.2. The third kappa shape index (κ3) is 5.31. The number of hydrogen-bond acceptors (Lipinski definition) is 4. The van der Waals surface area contributed by atoms with Crippen LogP contribution in [0, 0.1) is 5.82 Å². The van der Waals surface area contributed by atoms with Crippen LogP contribution in [-0.4, -0.2) is 25.6 Å². The summed E-state index contributed by atoms with van der Waals surface area (Å²) in [5.41, 5.74) is 1.01. The maximum absolute atomic E-state index is 13.6. The second kappa shape index (κ2) is 9.56. The molecule has 0 aliphatic carbocycles. The van der Waals surface area contributed by atoms with Gasteiger partial charge in [0.1, 0.15) is 0 Å². The highest BCUT2D eigenvalue weighted by molar-refractivity contribution is 5.91. The number of ether oxygens (including phenoxy) is 2. The molecule has 0 aromatic heterocycles. The molecule has 2 rings (SSSR count). The highest BCUT2D eigenvalue weighted by Crippen LogP contribution is 2.19. The van der Waals surface area contributed by atoms with Gasteiger partial charge in [-0.25, -0.2) is 9.18 Å². The number of carbonyl (C=O) groups excluding carboxylic acids is 2. The predicted molar refractivity (Wildman–Crippen MR) is 95.5 cm³/mol. The molecular formula is C20H22FNO4. The SMILES string of the molecule is CCCC(NC(=O)COC(=O)c1ccc(OC)c(F)c1)c1ccccc1. The third-order valence-corrected chi connectivity index (χ3v) is 3.84. The van der Waals surface area contributed by atoms with Crippen LogP contribution in [-0.2, 0) is 9.53 Å². The van der Waals surface area contributed by atoms with Crippen LogP contribution in [0.3, 0.4) is 0 Å². The van der Waals surface area contributed by atoms with Gasteiger partial charge in [-0.3, -0.25) is 4.79 Å². The Hall–Kier alpha value is -2.89.